The number of rotatable bonds is 3. The molecule has 4 bridgehead atoms. The summed E-state index contributed by atoms with van der Waals surface area (Å²) in [7, 11) is 0. The van der Waals surface area contributed by atoms with Crippen LogP contribution in [0.15, 0.2) is 6.20 Å². The Morgan fingerprint density at radius 3 is 2.40 bits per heavy atom. The summed E-state index contributed by atoms with van der Waals surface area (Å²) in [6, 6.07) is -0.621. The van der Waals surface area contributed by atoms with Gasteiger partial charge in [-0.3, -0.25) is 0 Å². The maximum atomic E-state index is 11.2. The molecule has 1 atom stereocenters. The van der Waals surface area contributed by atoms with Gasteiger partial charge in [0.05, 0.1) is 11.9 Å². The van der Waals surface area contributed by atoms with E-state index in [2.05, 4.69) is 10.3 Å². The second-order valence-electron chi connectivity index (χ2n) is 7.07. The molecule has 4 aliphatic carbocycles. The van der Waals surface area contributed by atoms with Crippen LogP contribution in [0.25, 0.3) is 0 Å². The van der Waals surface area contributed by atoms with Crippen LogP contribution in [0, 0.1) is 23.7 Å². The van der Waals surface area contributed by atoms with Gasteiger partial charge in [0.25, 0.3) is 0 Å². The van der Waals surface area contributed by atoms with Crippen LogP contribution in [0.5, 0.6) is 0 Å². The monoisotopic (exact) mass is 275 g/mol. The Hall–Kier alpha value is -1.39. The Morgan fingerprint density at radius 2 is 1.85 bits per heavy atom. The van der Waals surface area contributed by atoms with Crippen molar-refractivity contribution in [3.63, 3.8) is 0 Å². The molecule has 0 aromatic carbocycles. The lowest BCUT2D eigenvalue weighted by Crippen LogP contribution is -2.44. The van der Waals surface area contributed by atoms with Gasteiger partial charge in [-0.2, -0.15) is 0 Å². The second kappa shape index (κ2) is 4.30. The zero-order chi connectivity index (χ0) is 13.9. The summed E-state index contributed by atoms with van der Waals surface area (Å²) in [5.74, 6) is 2.96. The van der Waals surface area contributed by atoms with Gasteiger partial charge in [0.2, 0.25) is 0 Å². The minimum atomic E-state index is -0.833. The number of carboxylic acids is 1. The molecule has 4 fully saturated rings. The predicted molar refractivity (Wildman–Crippen MR) is 72.2 cm³/mol. The third kappa shape index (κ3) is 1.71. The molecule has 5 heteroatoms. The van der Waals surface area contributed by atoms with Gasteiger partial charge in [0.15, 0.2) is 0 Å². The molecule has 0 amide bonds. The zero-order valence-corrected chi connectivity index (χ0v) is 11.8. The van der Waals surface area contributed by atoms with E-state index in [0.29, 0.717) is 5.92 Å². The van der Waals surface area contributed by atoms with Crippen LogP contribution in [-0.2, 0) is 4.79 Å². The minimum absolute atomic E-state index is 0.486. The van der Waals surface area contributed by atoms with Crippen molar-refractivity contribution in [2.75, 3.05) is 0 Å². The first-order valence-electron chi connectivity index (χ1n) is 7.76. The molecule has 1 N–H and O–H groups in total. The van der Waals surface area contributed by atoms with Gasteiger partial charge >= 0.3 is 5.97 Å². The molecule has 4 aliphatic rings. The number of hydrogen-bond acceptors (Lipinski definition) is 3. The Balaban J connectivity index is 1.68. The van der Waals surface area contributed by atoms with E-state index in [0.717, 1.165) is 29.4 Å². The predicted octanol–water partition coefficient (Wildman–Crippen LogP) is 2.46. The van der Waals surface area contributed by atoms with Crippen LogP contribution in [0.4, 0.5) is 0 Å². The van der Waals surface area contributed by atoms with Crippen molar-refractivity contribution in [1.29, 1.82) is 0 Å². The fourth-order valence-electron chi connectivity index (χ4n) is 5.30. The van der Waals surface area contributed by atoms with Crippen molar-refractivity contribution >= 4 is 5.97 Å². The standard InChI is InChI=1S/C15H21N3O2/c1-8(15(19)20)18-13(7-16-17-18)14-11-3-9-2-10(5-11)6-12(14)4-9/h7-12,14H,2-6H2,1H3,(H,19,20). The molecular formula is C15H21N3O2. The third-order valence-electron chi connectivity index (χ3n) is 5.90. The van der Waals surface area contributed by atoms with Gasteiger partial charge in [-0.1, -0.05) is 5.21 Å². The lowest BCUT2D eigenvalue weighted by atomic mass is 9.51. The van der Waals surface area contributed by atoms with E-state index < -0.39 is 12.0 Å². The number of aromatic nitrogens is 3. The summed E-state index contributed by atoms with van der Waals surface area (Å²) in [6.07, 6.45) is 8.54. The maximum Gasteiger partial charge on any atom is 0.328 e. The Labute approximate surface area is 118 Å². The van der Waals surface area contributed by atoms with Crippen LogP contribution in [-0.4, -0.2) is 26.1 Å². The Kier molecular flexibility index (Phi) is 2.66. The Morgan fingerprint density at radius 1 is 1.25 bits per heavy atom. The van der Waals surface area contributed by atoms with E-state index >= 15 is 0 Å². The normalized spacial score (nSPS) is 40.0. The zero-order valence-electron chi connectivity index (χ0n) is 11.8. The molecule has 1 unspecified atom stereocenters. The average Bonchev–Trinajstić information content (AvgIpc) is 2.85. The summed E-state index contributed by atoms with van der Waals surface area (Å²) >= 11 is 0. The minimum Gasteiger partial charge on any atom is -0.480 e. The molecule has 4 saturated carbocycles. The van der Waals surface area contributed by atoms with Gasteiger partial charge in [0, 0.05) is 5.92 Å². The van der Waals surface area contributed by atoms with Gasteiger partial charge in [-0.25, -0.2) is 9.48 Å². The first-order valence-corrected chi connectivity index (χ1v) is 7.76. The van der Waals surface area contributed by atoms with Gasteiger partial charge in [-0.05, 0) is 62.7 Å². The molecule has 5 nitrogen and oxygen atoms in total. The molecule has 0 aliphatic heterocycles. The first kappa shape index (κ1) is 12.4. The van der Waals surface area contributed by atoms with Crippen LogP contribution < -0.4 is 0 Å². The van der Waals surface area contributed by atoms with Crippen molar-refractivity contribution in [2.45, 2.75) is 51.0 Å². The molecule has 1 heterocycles. The van der Waals surface area contributed by atoms with Crippen molar-refractivity contribution in [2.24, 2.45) is 23.7 Å². The Bertz CT molecular complexity index is 511. The highest BCUT2D eigenvalue weighted by atomic mass is 16.4. The molecule has 0 radical (unpaired) electrons. The fourth-order valence-corrected chi connectivity index (χ4v) is 5.30. The van der Waals surface area contributed by atoms with Crippen LogP contribution in [0.2, 0.25) is 0 Å². The molecular weight excluding hydrogens is 254 g/mol. The van der Waals surface area contributed by atoms with Crippen LogP contribution in [0.1, 0.15) is 56.7 Å². The second-order valence-corrected chi connectivity index (χ2v) is 7.07. The molecule has 108 valence electrons. The summed E-state index contributed by atoms with van der Waals surface area (Å²) < 4.78 is 1.65. The fraction of sp³-hybridized carbons (Fsp3) is 0.800. The van der Waals surface area contributed by atoms with Crippen molar-refractivity contribution < 1.29 is 9.90 Å². The van der Waals surface area contributed by atoms with E-state index in [9.17, 15) is 9.90 Å². The number of aliphatic carboxylic acids is 1. The topological polar surface area (TPSA) is 68.0 Å². The van der Waals surface area contributed by atoms with Gasteiger partial charge < -0.3 is 5.11 Å². The average molecular weight is 275 g/mol. The molecule has 20 heavy (non-hydrogen) atoms. The van der Waals surface area contributed by atoms with E-state index in [4.69, 9.17) is 0 Å². The highest BCUT2D eigenvalue weighted by Crippen LogP contribution is 2.59. The van der Waals surface area contributed by atoms with E-state index in [1.165, 1.54) is 32.1 Å². The van der Waals surface area contributed by atoms with Gasteiger partial charge in [0.1, 0.15) is 6.04 Å². The highest BCUT2D eigenvalue weighted by Gasteiger charge is 2.49. The van der Waals surface area contributed by atoms with E-state index in [1.807, 2.05) is 6.20 Å². The largest absolute Gasteiger partial charge is 0.480 e. The number of carboxylic acid groups (broad SMARTS) is 1. The molecule has 1 aromatic rings. The summed E-state index contributed by atoms with van der Waals surface area (Å²) in [5.41, 5.74) is 1.06. The number of carbonyl (C=O) groups is 1. The highest BCUT2D eigenvalue weighted by molar-refractivity contribution is 5.71. The summed E-state index contributed by atoms with van der Waals surface area (Å²) in [6.45, 7) is 1.69. The first-order chi connectivity index (χ1) is 9.63. The molecule has 1 aromatic heterocycles. The molecule has 5 rings (SSSR count). The number of hydrogen-bond donors (Lipinski definition) is 1. The smallest absolute Gasteiger partial charge is 0.328 e. The summed E-state index contributed by atoms with van der Waals surface area (Å²) in [5, 5.41) is 17.3. The maximum absolute atomic E-state index is 11.2. The number of nitrogens with zero attached hydrogens (tertiary/aromatic N) is 3. The van der Waals surface area contributed by atoms with Crippen molar-refractivity contribution in [3.05, 3.63) is 11.9 Å². The van der Waals surface area contributed by atoms with E-state index in [1.54, 1.807) is 11.6 Å². The molecule has 0 saturated heterocycles. The van der Waals surface area contributed by atoms with Crippen LogP contribution >= 0.6 is 0 Å². The summed E-state index contributed by atoms with van der Waals surface area (Å²) in [4.78, 5) is 11.2. The van der Waals surface area contributed by atoms with Crippen molar-refractivity contribution in [3.8, 4) is 0 Å². The lowest BCUT2D eigenvalue weighted by molar-refractivity contribution is -0.140. The lowest BCUT2D eigenvalue weighted by Gasteiger charge is -2.54. The van der Waals surface area contributed by atoms with Gasteiger partial charge in [-0.15, -0.1) is 5.10 Å². The third-order valence-corrected chi connectivity index (χ3v) is 5.90. The molecule has 0 spiro atoms. The van der Waals surface area contributed by atoms with E-state index in [-0.39, 0.29) is 0 Å². The quantitative estimate of drug-likeness (QED) is 0.920. The van der Waals surface area contributed by atoms with Crippen molar-refractivity contribution in [1.82, 2.24) is 15.0 Å². The van der Waals surface area contributed by atoms with Crippen LogP contribution in [0.3, 0.4) is 0 Å². The SMILES string of the molecule is CC(C(=O)O)n1nncc1C1C2CC3CC(C2)CC1C3.